The van der Waals surface area contributed by atoms with E-state index in [4.69, 9.17) is 21.5 Å². The first-order chi connectivity index (χ1) is 10.5. The van der Waals surface area contributed by atoms with Crippen molar-refractivity contribution >= 4 is 29.2 Å². The highest BCUT2D eigenvalue weighted by Gasteiger charge is 2.12. The fourth-order valence-electron chi connectivity index (χ4n) is 1.62. The van der Waals surface area contributed by atoms with Gasteiger partial charge < -0.3 is 15.3 Å². The third-order valence-electron chi connectivity index (χ3n) is 2.63. The number of amides is 1. The first-order valence-corrected chi connectivity index (χ1v) is 6.49. The van der Waals surface area contributed by atoms with Gasteiger partial charge in [0.05, 0.1) is 10.7 Å². The molecule has 0 aliphatic heterocycles. The molecule has 0 spiro atoms. The Hall–Kier alpha value is -2.80. The number of carboxylic acid groups (broad SMARTS) is 1. The molecule has 1 aromatic heterocycles. The van der Waals surface area contributed by atoms with Crippen molar-refractivity contribution in [1.82, 2.24) is 4.73 Å². The zero-order chi connectivity index (χ0) is 16.1. The van der Waals surface area contributed by atoms with Gasteiger partial charge in [0.25, 0.3) is 11.5 Å². The second-order valence-electron chi connectivity index (χ2n) is 4.16. The van der Waals surface area contributed by atoms with Gasteiger partial charge >= 0.3 is 5.97 Å². The lowest BCUT2D eigenvalue weighted by Crippen LogP contribution is -2.34. The van der Waals surface area contributed by atoms with Gasteiger partial charge in [-0.3, -0.25) is 9.59 Å². The predicted molar refractivity (Wildman–Crippen MR) is 79.2 cm³/mol. The van der Waals surface area contributed by atoms with Crippen molar-refractivity contribution in [2.24, 2.45) is 0 Å². The summed E-state index contributed by atoms with van der Waals surface area (Å²) in [6, 6.07) is 9.11. The number of halogens is 1. The molecule has 0 unspecified atom stereocenters. The van der Waals surface area contributed by atoms with Crippen LogP contribution in [0.2, 0.25) is 5.02 Å². The standard InChI is InChI=1S/C14H11ClN2O5/c15-10-5-1-2-6-11(10)16-12(18)8-22-17-7-3-4-9(13(17)19)14(20)21/h1-7H,8H2,(H,16,18)(H,20,21). The van der Waals surface area contributed by atoms with Crippen LogP contribution in [0.3, 0.4) is 0 Å². The molecule has 0 fully saturated rings. The number of hydrogen-bond acceptors (Lipinski definition) is 4. The molecule has 0 aliphatic carbocycles. The Kier molecular flexibility index (Phi) is 4.80. The molecule has 0 radical (unpaired) electrons. The molecule has 1 aromatic carbocycles. The van der Waals surface area contributed by atoms with E-state index in [1.165, 1.54) is 12.3 Å². The van der Waals surface area contributed by atoms with E-state index in [1.54, 1.807) is 24.3 Å². The molecule has 2 rings (SSSR count). The molecule has 8 heteroatoms. The maximum Gasteiger partial charge on any atom is 0.341 e. The van der Waals surface area contributed by atoms with Crippen LogP contribution in [0.5, 0.6) is 0 Å². The van der Waals surface area contributed by atoms with Crippen LogP contribution in [0, 0.1) is 0 Å². The van der Waals surface area contributed by atoms with Gasteiger partial charge in [-0.25, -0.2) is 4.79 Å². The molecule has 114 valence electrons. The predicted octanol–water partition coefficient (Wildman–Crippen LogP) is 1.27. The zero-order valence-corrected chi connectivity index (χ0v) is 11.9. The Morgan fingerprint density at radius 3 is 2.64 bits per heavy atom. The summed E-state index contributed by atoms with van der Waals surface area (Å²) in [6.07, 6.45) is 1.22. The van der Waals surface area contributed by atoms with Crippen LogP contribution in [-0.4, -0.2) is 28.3 Å². The van der Waals surface area contributed by atoms with Crippen molar-refractivity contribution in [3.8, 4) is 0 Å². The van der Waals surface area contributed by atoms with Crippen LogP contribution in [0.4, 0.5) is 5.69 Å². The quantitative estimate of drug-likeness (QED) is 0.864. The van der Waals surface area contributed by atoms with Gasteiger partial charge in [-0.2, -0.15) is 4.73 Å². The summed E-state index contributed by atoms with van der Waals surface area (Å²) in [5.74, 6) is -1.91. The van der Waals surface area contributed by atoms with Crippen LogP contribution in [0.25, 0.3) is 0 Å². The van der Waals surface area contributed by atoms with Crippen molar-refractivity contribution in [2.45, 2.75) is 0 Å². The van der Waals surface area contributed by atoms with Crippen molar-refractivity contribution in [3.63, 3.8) is 0 Å². The molecular formula is C14H11ClN2O5. The number of aromatic nitrogens is 1. The summed E-state index contributed by atoms with van der Waals surface area (Å²) in [4.78, 5) is 39.3. The Morgan fingerprint density at radius 1 is 1.23 bits per heavy atom. The van der Waals surface area contributed by atoms with E-state index in [1.807, 2.05) is 0 Å². The van der Waals surface area contributed by atoms with Crippen molar-refractivity contribution < 1.29 is 19.5 Å². The van der Waals surface area contributed by atoms with Gasteiger partial charge in [0.2, 0.25) is 0 Å². The minimum Gasteiger partial charge on any atom is -0.477 e. The smallest absolute Gasteiger partial charge is 0.341 e. The minimum absolute atomic E-state index is 0.362. The normalized spacial score (nSPS) is 10.0. The third-order valence-corrected chi connectivity index (χ3v) is 2.96. The fourth-order valence-corrected chi connectivity index (χ4v) is 1.80. The molecule has 7 nitrogen and oxygen atoms in total. The number of nitrogens with one attached hydrogen (secondary N) is 1. The van der Waals surface area contributed by atoms with E-state index in [9.17, 15) is 14.4 Å². The zero-order valence-electron chi connectivity index (χ0n) is 11.2. The number of carbonyl (C=O) groups is 2. The molecule has 0 saturated heterocycles. The number of para-hydroxylation sites is 1. The van der Waals surface area contributed by atoms with Crippen LogP contribution < -0.4 is 15.7 Å². The second kappa shape index (κ2) is 6.77. The summed E-state index contributed by atoms with van der Waals surface area (Å²) in [5.41, 5.74) is -0.904. The fraction of sp³-hybridized carbons (Fsp3) is 0.0714. The Labute approximate surface area is 129 Å². The molecular weight excluding hydrogens is 312 g/mol. The highest BCUT2D eigenvalue weighted by molar-refractivity contribution is 6.33. The lowest BCUT2D eigenvalue weighted by molar-refractivity contribution is -0.120. The first-order valence-electron chi connectivity index (χ1n) is 6.11. The van der Waals surface area contributed by atoms with E-state index in [0.717, 1.165) is 6.07 Å². The molecule has 0 saturated carbocycles. The third kappa shape index (κ3) is 3.64. The van der Waals surface area contributed by atoms with Crippen LogP contribution >= 0.6 is 11.6 Å². The maximum atomic E-state index is 11.7. The number of aromatic carboxylic acids is 1. The molecule has 22 heavy (non-hydrogen) atoms. The van der Waals surface area contributed by atoms with Gasteiger partial charge in [0.15, 0.2) is 6.61 Å². The maximum absolute atomic E-state index is 11.7. The molecule has 1 amide bonds. The van der Waals surface area contributed by atoms with Crippen molar-refractivity contribution in [1.29, 1.82) is 0 Å². The number of carboxylic acids is 1. The highest BCUT2D eigenvalue weighted by atomic mass is 35.5. The molecule has 2 aromatic rings. The average Bonchev–Trinajstić information content (AvgIpc) is 2.48. The number of pyridine rings is 1. The lowest BCUT2D eigenvalue weighted by Gasteiger charge is -2.10. The van der Waals surface area contributed by atoms with E-state index in [0.29, 0.717) is 15.4 Å². The van der Waals surface area contributed by atoms with Crippen molar-refractivity contribution in [2.75, 3.05) is 11.9 Å². The van der Waals surface area contributed by atoms with Gasteiger partial charge in [-0.05, 0) is 24.3 Å². The lowest BCUT2D eigenvalue weighted by atomic mass is 10.3. The number of carbonyl (C=O) groups excluding carboxylic acids is 1. The van der Waals surface area contributed by atoms with Gasteiger partial charge in [0.1, 0.15) is 5.56 Å². The molecule has 0 aliphatic rings. The largest absolute Gasteiger partial charge is 0.477 e. The molecule has 2 N–H and O–H groups in total. The molecule has 1 heterocycles. The topological polar surface area (TPSA) is 97.6 Å². The summed E-state index contributed by atoms with van der Waals surface area (Å²) < 4.78 is 0.690. The minimum atomic E-state index is -1.37. The van der Waals surface area contributed by atoms with Gasteiger partial charge in [0, 0.05) is 6.20 Å². The van der Waals surface area contributed by atoms with Crippen LogP contribution in [0.15, 0.2) is 47.4 Å². The monoisotopic (exact) mass is 322 g/mol. The van der Waals surface area contributed by atoms with E-state index in [2.05, 4.69) is 5.32 Å². The van der Waals surface area contributed by atoms with E-state index < -0.39 is 29.6 Å². The Bertz CT molecular complexity index is 772. The van der Waals surface area contributed by atoms with Crippen molar-refractivity contribution in [3.05, 3.63) is 63.5 Å². The number of benzene rings is 1. The summed E-state index contributed by atoms with van der Waals surface area (Å²) >= 11 is 5.89. The molecule has 0 bridgehead atoms. The summed E-state index contributed by atoms with van der Waals surface area (Å²) in [5, 5.41) is 11.7. The first kappa shape index (κ1) is 15.6. The SMILES string of the molecule is O=C(COn1cccc(C(=O)O)c1=O)Nc1ccccc1Cl. The Balaban J connectivity index is 2.03. The van der Waals surface area contributed by atoms with Gasteiger partial charge in [-0.15, -0.1) is 0 Å². The summed E-state index contributed by atoms with van der Waals surface area (Å²) in [6.45, 7) is -0.478. The number of rotatable bonds is 5. The molecule has 0 atom stereocenters. The van der Waals surface area contributed by atoms with Gasteiger partial charge in [-0.1, -0.05) is 23.7 Å². The second-order valence-corrected chi connectivity index (χ2v) is 4.57. The number of anilines is 1. The average molecular weight is 323 g/mol. The van der Waals surface area contributed by atoms with Crippen LogP contribution in [-0.2, 0) is 4.79 Å². The number of hydrogen-bond donors (Lipinski definition) is 2. The number of nitrogens with zero attached hydrogens (tertiary/aromatic N) is 1. The van der Waals surface area contributed by atoms with E-state index >= 15 is 0 Å². The van der Waals surface area contributed by atoms with E-state index in [-0.39, 0.29) is 0 Å². The summed E-state index contributed by atoms with van der Waals surface area (Å²) in [7, 11) is 0. The highest BCUT2D eigenvalue weighted by Crippen LogP contribution is 2.19. The Morgan fingerprint density at radius 2 is 1.95 bits per heavy atom. The van der Waals surface area contributed by atoms with Crippen LogP contribution in [0.1, 0.15) is 10.4 Å².